The molecule has 0 bridgehead atoms. The van der Waals surface area contributed by atoms with E-state index in [0.717, 1.165) is 19.2 Å². The molecule has 43 heavy (non-hydrogen) atoms. The highest BCUT2D eigenvalue weighted by Crippen LogP contribution is 2.37. The first-order valence-electron chi connectivity index (χ1n) is 13.2. The number of hydrogen-bond acceptors (Lipinski definition) is 8. The summed E-state index contributed by atoms with van der Waals surface area (Å²) in [6.45, 7) is 3.24. The van der Waals surface area contributed by atoms with Crippen LogP contribution in [0.2, 0.25) is 0 Å². The second-order valence-corrected chi connectivity index (χ2v) is 9.74. The summed E-state index contributed by atoms with van der Waals surface area (Å²) in [6, 6.07) is 9.47. The molecule has 1 atom stereocenters. The largest absolute Gasteiger partial charge is 0.418 e. The predicted octanol–water partition coefficient (Wildman–Crippen LogP) is 6.61. The number of fused-ring (bicyclic) bond motifs is 1. The van der Waals surface area contributed by atoms with Gasteiger partial charge >= 0.3 is 12.4 Å². The van der Waals surface area contributed by atoms with Gasteiger partial charge in [-0.15, -0.1) is 0 Å². The fraction of sp³-hybridized carbons (Fsp3) is 0.379. The summed E-state index contributed by atoms with van der Waals surface area (Å²) < 4.78 is 91.1. The summed E-state index contributed by atoms with van der Waals surface area (Å²) in [5.74, 6) is -0.838. The summed E-state index contributed by atoms with van der Waals surface area (Å²) in [5, 5.41) is 3.50. The number of nitrogens with zero attached hydrogens (tertiary/aromatic N) is 5. The molecule has 0 radical (unpaired) electrons. The Hall–Kier alpha value is -3.88. The van der Waals surface area contributed by atoms with Gasteiger partial charge < -0.3 is 14.8 Å². The van der Waals surface area contributed by atoms with Gasteiger partial charge in [-0.3, -0.25) is 9.88 Å². The molecule has 4 aromatic rings. The minimum atomic E-state index is -4.62. The molecule has 8 nitrogen and oxygen atoms in total. The highest BCUT2D eigenvalue weighted by atomic mass is 19.4. The van der Waals surface area contributed by atoms with Gasteiger partial charge in [0.1, 0.15) is 17.5 Å². The molecule has 0 amide bonds. The van der Waals surface area contributed by atoms with Crippen LogP contribution in [0, 0.1) is 0 Å². The Morgan fingerprint density at radius 2 is 1.63 bits per heavy atom. The minimum Gasteiger partial charge on any atom is -0.383 e. The fourth-order valence-electron chi connectivity index (χ4n) is 4.31. The third-order valence-corrected chi connectivity index (χ3v) is 6.74. The summed E-state index contributed by atoms with van der Waals surface area (Å²) in [4.78, 5) is 19.4. The molecule has 0 saturated carbocycles. The topological polar surface area (TPSA) is 85.3 Å². The molecule has 0 saturated heterocycles. The van der Waals surface area contributed by atoms with E-state index in [0.29, 0.717) is 43.0 Å². The second kappa shape index (κ2) is 13.6. The van der Waals surface area contributed by atoms with Crippen LogP contribution in [0.1, 0.15) is 29.8 Å². The maximum absolute atomic E-state index is 13.7. The van der Waals surface area contributed by atoms with Crippen LogP contribution >= 0.6 is 0 Å². The van der Waals surface area contributed by atoms with Crippen LogP contribution in [-0.2, 0) is 22.2 Å². The van der Waals surface area contributed by atoms with E-state index >= 15 is 0 Å². The van der Waals surface area contributed by atoms with Crippen molar-refractivity contribution < 1.29 is 35.8 Å². The Kier molecular flexibility index (Phi) is 10.1. The molecule has 3 heterocycles. The van der Waals surface area contributed by atoms with Crippen molar-refractivity contribution in [2.75, 3.05) is 45.8 Å². The molecule has 1 unspecified atom stereocenters. The van der Waals surface area contributed by atoms with E-state index in [2.05, 4.69) is 25.3 Å². The monoisotopic (exact) mass is 608 g/mol. The van der Waals surface area contributed by atoms with Crippen molar-refractivity contribution in [3.8, 4) is 11.3 Å². The van der Waals surface area contributed by atoms with Crippen molar-refractivity contribution in [1.29, 1.82) is 0 Å². The quantitative estimate of drug-likeness (QED) is 0.180. The Morgan fingerprint density at radius 1 is 0.907 bits per heavy atom. The normalized spacial score (nSPS) is 13.1. The average Bonchev–Trinajstić information content (AvgIpc) is 2.97. The van der Waals surface area contributed by atoms with Crippen molar-refractivity contribution in [2.45, 2.75) is 31.7 Å². The van der Waals surface area contributed by atoms with Crippen molar-refractivity contribution in [3.05, 3.63) is 71.8 Å². The van der Waals surface area contributed by atoms with Gasteiger partial charge in [0.05, 0.1) is 42.5 Å². The van der Waals surface area contributed by atoms with E-state index in [1.165, 1.54) is 36.5 Å². The second-order valence-electron chi connectivity index (χ2n) is 9.74. The minimum absolute atomic E-state index is 0.00122. The smallest absolute Gasteiger partial charge is 0.383 e. The Labute approximate surface area is 244 Å². The van der Waals surface area contributed by atoms with E-state index < -0.39 is 23.8 Å². The first-order valence-corrected chi connectivity index (χ1v) is 13.2. The van der Waals surface area contributed by atoms with E-state index in [1.807, 2.05) is 4.90 Å². The van der Waals surface area contributed by atoms with Crippen LogP contribution in [0.5, 0.6) is 0 Å². The number of nitrogens with one attached hydrogen (secondary N) is 1. The lowest BCUT2D eigenvalue weighted by Gasteiger charge is -2.21. The molecule has 1 aromatic carbocycles. The van der Waals surface area contributed by atoms with Crippen LogP contribution in [0.4, 0.5) is 38.0 Å². The van der Waals surface area contributed by atoms with Crippen molar-refractivity contribution in [3.63, 3.8) is 0 Å². The number of rotatable bonds is 12. The number of methoxy groups -OCH3 is 2. The van der Waals surface area contributed by atoms with E-state index in [1.54, 1.807) is 20.3 Å². The lowest BCUT2D eigenvalue weighted by Crippen LogP contribution is -2.31. The summed E-state index contributed by atoms with van der Waals surface area (Å²) in [6.07, 6.45) is -6.61. The first kappa shape index (κ1) is 32.0. The van der Waals surface area contributed by atoms with Crippen molar-refractivity contribution in [1.82, 2.24) is 24.8 Å². The van der Waals surface area contributed by atoms with Crippen LogP contribution in [0.15, 0.2) is 54.9 Å². The number of benzene rings is 1. The van der Waals surface area contributed by atoms with Gasteiger partial charge in [-0.25, -0.2) is 15.0 Å². The SMILES string of the molecule is COCCN(CCOC)Cc1nc(Nc2ccc(C(C)C(F)(F)F)cn2)c2ccc(-c3ncccc3C(F)(F)F)cc2n1. The highest BCUT2D eigenvalue weighted by Gasteiger charge is 2.37. The van der Waals surface area contributed by atoms with Crippen LogP contribution < -0.4 is 5.32 Å². The first-order chi connectivity index (χ1) is 20.4. The number of pyridine rings is 2. The summed E-state index contributed by atoms with van der Waals surface area (Å²) in [5.41, 5.74) is -0.590. The molecule has 14 heteroatoms. The number of hydrogen-bond donors (Lipinski definition) is 1. The van der Waals surface area contributed by atoms with Crippen LogP contribution in [-0.4, -0.2) is 71.5 Å². The Morgan fingerprint density at radius 3 is 2.23 bits per heavy atom. The molecule has 1 N–H and O–H groups in total. The fourth-order valence-corrected chi connectivity index (χ4v) is 4.31. The molecule has 0 aliphatic carbocycles. The molecular formula is C29H30F6N6O2. The van der Waals surface area contributed by atoms with Crippen molar-refractivity contribution >= 4 is 22.5 Å². The van der Waals surface area contributed by atoms with Gasteiger partial charge in [-0.1, -0.05) is 12.1 Å². The van der Waals surface area contributed by atoms with E-state index in [9.17, 15) is 26.3 Å². The van der Waals surface area contributed by atoms with Gasteiger partial charge in [0.15, 0.2) is 0 Å². The molecule has 4 rings (SSSR count). The van der Waals surface area contributed by atoms with Crippen LogP contribution in [0.25, 0.3) is 22.2 Å². The molecule has 0 aliphatic heterocycles. The zero-order valence-electron chi connectivity index (χ0n) is 23.6. The molecular weight excluding hydrogens is 578 g/mol. The zero-order valence-corrected chi connectivity index (χ0v) is 23.6. The predicted molar refractivity (Wildman–Crippen MR) is 149 cm³/mol. The number of halogens is 6. The highest BCUT2D eigenvalue weighted by molar-refractivity contribution is 5.93. The van der Waals surface area contributed by atoms with Gasteiger partial charge in [0, 0.05) is 50.7 Å². The van der Waals surface area contributed by atoms with Crippen LogP contribution in [0.3, 0.4) is 0 Å². The third-order valence-electron chi connectivity index (χ3n) is 6.74. The number of ether oxygens (including phenoxy) is 2. The summed E-state index contributed by atoms with van der Waals surface area (Å²) >= 11 is 0. The Balaban J connectivity index is 1.77. The lowest BCUT2D eigenvalue weighted by atomic mass is 10.0. The zero-order chi connectivity index (χ0) is 31.2. The molecule has 0 fully saturated rings. The number of aromatic nitrogens is 4. The summed E-state index contributed by atoms with van der Waals surface area (Å²) in [7, 11) is 3.15. The number of alkyl halides is 6. The third kappa shape index (κ3) is 8.15. The Bertz CT molecular complexity index is 1510. The lowest BCUT2D eigenvalue weighted by molar-refractivity contribution is -0.146. The maximum atomic E-state index is 13.7. The van der Waals surface area contributed by atoms with Gasteiger partial charge in [0.2, 0.25) is 0 Å². The van der Waals surface area contributed by atoms with Gasteiger partial charge in [0.25, 0.3) is 0 Å². The molecule has 0 aliphatic rings. The van der Waals surface area contributed by atoms with Gasteiger partial charge in [-0.05, 0) is 42.8 Å². The maximum Gasteiger partial charge on any atom is 0.418 e. The van der Waals surface area contributed by atoms with Crippen molar-refractivity contribution in [2.24, 2.45) is 0 Å². The standard InChI is InChI=1S/C29H30F6N6O2/c1-18(28(30,31)32)20-7-9-24(37-16-20)39-27-21-8-6-19(26-22(29(33,34)35)5-4-10-36-26)15-23(21)38-25(40-27)17-41(11-13-42-2)12-14-43-3/h4-10,15-16,18H,11-14,17H2,1-3H3,(H,37,38,39,40). The molecule has 3 aromatic heterocycles. The van der Waals surface area contributed by atoms with Gasteiger partial charge in [-0.2, -0.15) is 26.3 Å². The van der Waals surface area contributed by atoms with E-state index in [4.69, 9.17) is 9.47 Å². The van der Waals surface area contributed by atoms with E-state index in [-0.39, 0.29) is 35.0 Å². The number of anilines is 2. The molecule has 0 spiro atoms. The molecule has 230 valence electrons. The average molecular weight is 609 g/mol.